The summed E-state index contributed by atoms with van der Waals surface area (Å²) in [7, 11) is 0. The van der Waals surface area contributed by atoms with E-state index < -0.39 is 12.0 Å². The van der Waals surface area contributed by atoms with Gasteiger partial charge in [-0.2, -0.15) is 0 Å². The Morgan fingerprint density at radius 1 is 0.875 bits per heavy atom. The van der Waals surface area contributed by atoms with Crippen LogP contribution in [-0.4, -0.2) is 40.4 Å². The molecule has 0 spiro atoms. The Hall–Kier alpha value is -4.02. The van der Waals surface area contributed by atoms with Crippen LogP contribution < -0.4 is 4.90 Å². The van der Waals surface area contributed by atoms with Gasteiger partial charge in [-0.3, -0.25) is 4.79 Å². The molecule has 0 radical (unpaired) electrons. The standard InChI is InChI=1S/C36H39N2O2/c1-5-37(23-27-13-9-7-10-14-27)29-17-19-31(25(3)21-29)33-35(39)34(36(33)40)32-20-18-30(22-26(32)4)38(6-2)24-28-15-11-8-12-16-28/h7-22,33,35,39H,5-6,23-24H2,1-4H3/q+1. The van der Waals surface area contributed by atoms with E-state index in [4.69, 9.17) is 0 Å². The van der Waals surface area contributed by atoms with Crippen molar-refractivity contribution in [1.82, 2.24) is 0 Å². The van der Waals surface area contributed by atoms with Crippen molar-refractivity contribution in [3.8, 4) is 0 Å². The molecule has 0 amide bonds. The Labute approximate surface area is 238 Å². The minimum absolute atomic E-state index is 0.0208. The first kappa shape index (κ1) is 27.5. The van der Waals surface area contributed by atoms with Gasteiger partial charge in [-0.1, -0.05) is 66.7 Å². The van der Waals surface area contributed by atoms with Crippen molar-refractivity contribution in [3.05, 3.63) is 136 Å². The van der Waals surface area contributed by atoms with Gasteiger partial charge in [0.15, 0.2) is 18.0 Å². The van der Waals surface area contributed by atoms with Crippen molar-refractivity contribution in [2.45, 2.75) is 52.8 Å². The van der Waals surface area contributed by atoms with Gasteiger partial charge in [0.2, 0.25) is 0 Å². The Morgan fingerprint density at radius 3 is 2.12 bits per heavy atom. The van der Waals surface area contributed by atoms with E-state index >= 15 is 0 Å². The van der Waals surface area contributed by atoms with Crippen LogP contribution in [0.5, 0.6) is 0 Å². The number of hydrogen-bond donors (Lipinski definition) is 1. The summed E-state index contributed by atoms with van der Waals surface area (Å²) in [6, 6.07) is 27.1. The number of carbonyl (C=O) groups is 1. The predicted octanol–water partition coefficient (Wildman–Crippen LogP) is 6.54. The number of Topliss-reactive ketones (excluding diaryl/α,β-unsaturated/α-hetero) is 1. The number of aliphatic hydroxyl groups excluding tert-OH is 1. The SMILES string of the molecule is CCN(Cc1ccccc1)c1ccc(C2C(=O)C(=C3C=CC(=[N+](CC)Cc4ccccc4)C=C3C)C2O)c(C)c1. The van der Waals surface area contributed by atoms with Crippen LogP contribution >= 0.6 is 0 Å². The molecule has 4 heteroatoms. The third kappa shape index (κ3) is 5.50. The Kier molecular flexibility index (Phi) is 8.27. The molecule has 5 rings (SSSR count). The van der Waals surface area contributed by atoms with Crippen LogP contribution in [0.3, 0.4) is 0 Å². The van der Waals surface area contributed by atoms with Crippen molar-refractivity contribution in [3.63, 3.8) is 0 Å². The fourth-order valence-electron chi connectivity index (χ4n) is 5.86. The van der Waals surface area contributed by atoms with E-state index in [-0.39, 0.29) is 5.78 Å². The van der Waals surface area contributed by atoms with Crippen LogP contribution in [0.25, 0.3) is 0 Å². The van der Waals surface area contributed by atoms with E-state index in [0.29, 0.717) is 5.57 Å². The lowest BCUT2D eigenvalue weighted by atomic mass is 9.67. The number of allylic oxidation sites excluding steroid dienone is 5. The molecule has 0 bridgehead atoms. The first-order valence-corrected chi connectivity index (χ1v) is 14.3. The number of aliphatic hydroxyl groups is 1. The van der Waals surface area contributed by atoms with Gasteiger partial charge in [0, 0.05) is 42.1 Å². The van der Waals surface area contributed by atoms with Gasteiger partial charge in [-0.25, -0.2) is 4.58 Å². The van der Waals surface area contributed by atoms with Crippen molar-refractivity contribution in [2.75, 3.05) is 18.0 Å². The summed E-state index contributed by atoms with van der Waals surface area (Å²) in [5.41, 5.74) is 9.10. The molecule has 3 aromatic rings. The molecular formula is C36H39N2O2+. The molecule has 0 saturated heterocycles. The second kappa shape index (κ2) is 12.0. The number of anilines is 1. The topological polar surface area (TPSA) is 43.5 Å². The van der Waals surface area contributed by atoms with E-state index in [1.54, 1.807) is 0 Å². The highest BCUT2D eigenvalue weighted by Gasteiger charge is 2.47. The van der Waals surface area contributed by atoms with Crippen LogP contribution in [0, 0.1) is 6.92 Å². The van der Waals surface area contributed by atoms with Gasteiger partial charge >= 0.3 is 0 Å². The molecule has 204 valence electrons. The molecule has 0 aliphatic heterocycles. The van der Waals surface area contributed by atoms with Gasteiger partial charge in [0.1, 0.15) is 6.54 Å². The molecule has 2 unspecified atom stereocenters. The van der Waals surface area contributed by atoms with E-state index in [2.05, 4.69) is 96.1 Å². The first-order chi connectivity index (χ1) is 19.4. The average Bonchev–Trinajstić information content (AvgIpc) is 2.98. The van der Waals surface area contributed by atoms with Gasteiger partial charge < -0.3 is 10.0 Å². The maximum Gasteiger partial charge on any atom is 0.200 e. The number of rotatable bonds is 8. The number of nitrogens with zero attached hydrogens (tertiary/aromatic N) is 2. The predicted molar refractivity (Wildman–Crippen MR) is 164 cm³/mol. The molecular weight excluding hydrogens is 492 g/mol. The normalized spacial score (nSPS) is 21.6. The quantitative estimate of drug-likeness (QED) is 0.265. The van der Waals surface area contributed by atoms with Crippen LogP contribution in [0.2, 0.25) is 0 Å². The lowest BCUT2D eigenvalue weighted by Crippen LogP contribution is -2.44. The number of benzene rings is 3. The summed E-state index contributed by atoms with van der Waals surface area (Å²) in [5, 5.41) is 11.3. The lowest BCUT2D eigenvalue weighted by molar-refractivity contribution is -0.539. The highest BCUT2D eigenvalue weighted by atomic mass is 16.3. The molecule has 1 saturated carbocycles. The molecule has 2 aliphatic carbocycles. The molecule has 1 fully saturated rings. The van der Waals surface area contributed by atoms with Gasteiger partial charge in [-0.05, 0) is 73.7 Å². The van der Waals surface area contributed by atoms with Crippen molar-refractivity contribution < 1.29 is 14.5 Å². The molecule has 40 heavy (non-hydrogen) atoms. The smallest absolute Gasteiger partial charge is 0.200 e. The Balaban J connectivity index is 1.35. The van der Waals surface area contributed by atoms with Gasteiger partial charge in [0.25, 0.3) is 0 Å². The summed E-state index contributed by atoms with van der Waals surface area (Å²) >= 11 is 0. The highest BCUT2D eigenvalue weighted by molar-refractivity contribution is 6.12. The fourth-order valence-corrected chi connectivity index (χ4v) is 5.86. The summed E-state index contributed by atoms with van der Waals surface area (Å²) < 4.78 is 2.32. The molecule has 2 aliphatic rings. The minimum atomic E-state index is -0.806. The zero-order valence-electron chi connectivity index (χ0n) is 24.0. The Bertz CT molecular complexity index is 1510. The molecule has 4 nitrogen and oxygen atoms in total. The van der Waals surface area contributed by atoms with Gasteiger partial charge in [-0.15, -0.1) is 0 Å². The maximum absolute atomic E-state index is 13.5. The molecule has 2 atom stereocenters. The lowest BCUT2D eigenvalue weighted by Gasteiger charge is -2.37. The Morgan fingerprint density at radius 2 is 1.55 bits per heavy atom. The van der Waals surface area contributed by atoms with Crippen molar-refractivity contribution in [2.24, 2.45) is 0 Å². The summed E-state index contributed by atoms with van der Waals surface area (Å²) in [6.07, 6.45) is 5.40. The van der Waals surface area contributed by atoms with Crippen LogP contribution in [0.1, 0.15) is 48.9 Å². The zero-order valence-corrected chi connectivity index (χ0v) is 24.0. The van der Waals surface area contributed by atoms with E-state index in [9.17, 15) is 9.90 Å². The van der Waals surface area contributed by atoms with Crippen molar-refractivity contribution in [1.29, 1.82) is 0 Å². The third-order valence-electron chi connectivity index (χ3n) is 8.17. The highest BCUT2D eigenvalue weighted by Crippen LogP contribution is 2.43. The summed E-state index contributed by atoms with van der Waals surface area (Å²) in [6.45, 7) is 11.8. The largest absolute Gasteiger partial charge is 0.387 e. The van der Waals surface area contributed by atoms with Crippen LogP contribution in [0.4, 0.5) is 5.69 Å². The molecule has 0 aromatic heterocycles. The zero-order chi connectivity index (χ0) is 28.2. The number of aryl methyl sites for hydroxylation is 1. The summed E-state index contributed by atoms with van der Waals surface area (Å²) in [5.74, 6) is -0.495. The second-order valence-electron chi connectivity index (χ2n) is 10.7. The van der Waals surface area contributed by atoms with Crippen LogP contribution in [-0.2, 0) is 17.9 Å². The van der Waals surface area contributed by atoms with E-state index in [1.165, 1.54) is 11.1 Å². The average molecular weight is 532 g/mol. The fraction of sp³-hybridized carbons (Fsp3) is 0.278. The third-order valence-corrected chi connectivity index (χ3v) is 8.17. The van der Waals surface area contributed by atoms with Crippen molar-refractivity contribution >= 4 is 17.2 Å². The molecule has 1 N–H and O–H groups in total. The maximum atomic E-state index is 13.5. The number of ketones is 1. The molecule has 0 heterocycles. The van der Waals surface area contributed by atoms with Gasteiger partial charge in [0.05, 0.1) is 12.0 Å². The summed E-state index contributed by atoms with van der Waals surface area (Å²) in [4.78, 5) is 15.8. The molecule has 3 aromatic carbocycles. The number of hydrogen-bond acceptors (Lipinski definition) is 3. The van der Waals surface area contributed by atoms with E-state index in [1.807, 2.05) is 38.1 Å². The first-order valence-electron chi connectivity index (χ1n) is 14.3. The second-order valence-corrected chi connectivity index (χ2v) is 10.7. The van der Waals surface area contributed by atoms with Crippen LogP contribution in [0.15, 0.2) is 114 Å². The monoisotopic (exact) mass is 531 g/mol. The number of carbonyl (C=O) groups excluding carboxylic acids is 1. The minimum Gasteiger partial charge on any atom is -0.387 e. The van der Waals surface area contributed by atoms with E-state index in [0.717, 1.165) is 59.9 Å².